The monoisotopic (exact) mass is 237 g/mol. The Labute approximate surface area is 106 Å². The minimum atomic E-state index is 0.277. The van der Waals surface area contributed by atoms with Gasteiger partial charge in [0.2, 0.25) is 0 Å². The maximum atomic E-state index is 4.39. The number of aryl methyl sites for hydroxylation is 1. The van der Waals surface area contributed by atoms with Crippen molar-refractivity contribution in [2.75, 3.05) is 0 Å². The Bertz CT molecular complexity index is 345. The molecule has 0 spiro atoms. The fourth-order valence-corrected chi connectivity index (χ4v) is 2.01. The van der Waals surface area contributed by atoms with Crippen molar-refractivity contribution in [2.45, 2.75) is 67.3 Å². The highest BCUT2D eigenvalue weighted by molar-refractivity contribution is 5.12. The Kier molecular flexibility index (Phi) is 4.72. The van der Waals surface area contributed by atoms with E-state index in [1.807, 2.05) is 0 Å². The number of rotatable bonds is 5. The normalized spacial score (nSPS) is 12.4. The molecule has 1 rings (SSSR count). The van der Waals surface area contributed by atoms with Gasteiger partial charge in [-0.25, -0.2) is 4.68 Å². The van der Waals surface area contributed by atoms with Crippen molar-refractivity contribution in [1.29, 1.82) is 0 Å². The first-order chi connectivity index (χ1) is 7.83. The smallest absolute Gasteiger partial charge is 0.0864 e. The van der Waals surface area contributed by atoms with Crippen LogP contribution in [0.3, 0.4) is 0 Å². The molecule has 1 aromatic heterocycles. The molecular weight excluding hydrogens is 210 g/mol. The molecule has 1 aromatic rings. The van der Waals surface area contributed by atoms with E-state index in [1.165, 1.54) is 11.4 Å². The molecule has 0 atom stereocenters. The first-order valence-corrected chi connectivity index (χ1v) is 6.74. The molecule has 0 fully saturated rings. The van der Waals surface area contributed by atoms with Gasteiger partial charge in [0.1, 0.15) is 0 Å². The second-order valence-electron chi connectivity index (χ2n) is 6.54. The number of hydrogen-bond donors (Lipinski definition) is 0. The van der Waals surface area contributed by atoms with Crippen molar-refractivity contribution >= 4 is 0 Å². The van der Waals surface area contributed by atoms with Crippen LogP contribution in [0.25, 0.3) is 0 Å². The maximum Gasteiger partial charge on any atom is 0.0864 e. The Balaban J connectivity index is 2.95. The molecule has 0 N–H and O–H groups in total. The molecule has 0 aromatic carbocycles. The minimum absolute atomic E-state index is 0.277. The second kappa shape index (κ2) is 5.65. The fourth-order valence-electron chi connectivity index (χ4n) is 2.01. The topological polar surface area (TPSA) is 30.7 Å². The largest absolute Gasteiger partial charge is 0.249 e. The average molecular weight is 237 g/mol. The van der Waals surface area contributed by atoms with Crippen LogP contribution >= 0.6 is 0 Å². The van der Waals surface area contributed by atoms with Gasteiger partial charge in [-0.15, -0.1) is 5.10 Å². The van der Waals surface area contributed by atoms with Crippen LogP contribution in [0.1, 0.15) is 59.4 Å². The van der Waals surface area contributed by atoms with E-state index in [0.29, 0.717) is 5.92 Å². The summed E-state index contributed by atoms with van der Waals surface area (Å²) in [6.45, 7) is 14.4. The molecule has 3 heteroatoms. The lowest BCUT2D eigenvalue weighted by molar-refractivity contribution is 0.403. The number of nitrogens with zero attached hydrogens (tertiary/aromatic N) is 3. The molecule has 0 aliphatic rings. The van der Waals surface area contributed by atoms with Crippen LogP contribution in [-0.4, -0.2) is 15.0 Å². The van der Waals surface area contributed by atoms with Crippen LogP contribution in [-0.2, 0) is 19.4 Å². The summed E-state index contributed by atoms with van der Waals surface area (Å²) in [6, 6.07) is 0. The van der Waals surface area contributed by atoms with Crippen LogP contribution in [0.5, 0.6) is 0 Å². The zero-order chi connectivity index (χ0) is 13.1. The predicted molar refractivity (Wildman–Crippen MR) is 72.0 cm³/mol. The minimum Gasteiger partial charge on any atom is -0.249 e. The predicted octanol–water partition coefficient (Wildman–Crippen LogP) is 3.48. The molecule has 17 heavy (non-hydrogen) atoms. The lowest BCUT2D eigenvalue weighted by Gasteiger charge is -2.18. The van der Waals surface area contributed by atoms with Gasteiger partial charge in [0, 0.05) is 6.54 Å². The van der Waals surface area contributed by atoms with Crippen LogP contribution in [0.4, 0.5) is 0 Å². The van der Waals surface area contributed by atoms with Crippen molar-refractivity contribution in [1.82, 2.24) is 15.0 Å². The SMILES string of the molecule is CCCn1nnc(CC(C)(C)C)c1CC(C)C. The zero-order valence-electron chi connectivity index (χ0n) is 12.2. The molecule has 0 aliphatic heterocycles. The van der Waals surface area contributed by atoms with Gasteiger partial charge in [-0.05, 0) is 30.6 Å². The highest BCUT2D eigenvalue weighted by atomic mass is 15.4. The quantitative estimate of drug-likeness (QED) is 0.785. The van der Waals surface area contributed by atoms with Gasteiger partial charge in [-0.2, -0.15) is 0 Å². The molecule has 1 heterocycles. The highest BCUT2D eigenvalue weighted by Gasteiger charge is 2.19. The summed E-state index contributed by atoms with van der Waals surface area (Å²) in [6.07, 6.45) is 3.21. The van der Waals surface area contributed by atoms with Gasteiger partial charge in [-0.1, -0.05) is 46.8 Å². The number of aromatic nitrogens is 3. The summed E-state index contributed by atoms with van der Waals surface area (Å²) in [5.41, 5.74) is 2.81. The fraction of sp³-hybridized carbons (Fsp3) is 0.857. The maximum absolute atomic E-state index is 4.39. The summed E-state index contributed by atoms with van der Waals surface area (Å²) in [5.74, 6) is 0.655. The van der Waals surface area contributed by atoms with E-state index in [2.05, 4.69) is 56.5 Å². The summed E-state index contributed by atoms with van der Waals surface area (Å²) in [7, 11) is 0. The molecule has 0 amide bonds. The molecule has 0 aliphatic carbocycles. The Morgan fingerprint density at radius 3 is 2.35 bits per heavy atom. The van der Waals surface area contributed by atoms with Crippen molar-refractivity contribution in [3.63, 3.8) is 0 Å². The zero-order valence-corrected chi connectivity index (χ0v) is 12.2. The molecule has 0 bridgehead atoms. The first-order valence-electron chi connectivity index (χ1n) is 6.74. The Hall–Kier alpha value is -0.860. The Morgan fingerprint density at radius 1 is 1.24 bits per heavy atom. The van der Waals surface area contributed by atoms with Crippen LogP contribution < -0.4 is 0 Å². The van der Waals surface area contributed by atoms with Gasteiger partial charge in [0.15, 0.2) is 0 Å². The molecule has 0 radical (unpaired) electrons. The van der Waals surface area contributed by atoms with Crippen molar-refractivity contribution in [2.24, 2.45) is 11.3 Å². The Morgan fingerprint density at radius 2 is 1.88 bits per heavy atom. The molecule has 0 saturated heterocycles. The van der Waals surface area contributed by atoms with E-state index in [4.69, 9.17) is 0 Å². The third-order valence-electron chi connectivity index (χ3n) is 2.65. The average Bonchev–Trinajstić information content (AvgIpc) is 2.47. The third kappa shape index (κ3) is 4.49. The van der Waals surface area contributed by atoms with Crippen LogP contribution in [0, 0.1) is 11.3 Å². The molecule has 98 valence electrons. The first kappa shape index (κ1) is 14.2. The van der Waals surface area contributed by atoms with E-state index < -0.39 is 0 Å². The molecular formula is C14H27N3. The van der Waals surface area contributed by atoms with Gasteiger partial charge in [0.25, 0.3) is 0 Å². The lowest BCUT2D eigenvalue weighted by atomic mass is 9.89. The standard InChI is InChI=1S/C14H27N3/c1-7-8-17-13(9-11(2)3)12(15-16-17)10-14(4,5)6/h11H,7-10H2,1-6H3. The third-order valence-corrected chi connectivity index (χ3v) is 2.65. The van der Waals surface area contributed by atoms with Crippen LogP contribution in [0.2, 0.25) is 0 Å². The van der Waals surface area contributed by atoms with E-state index >= 15 is 0 Å². The molecule has 0 saturated carbocycles. The second-order valence-corrected chi connectivity index (χ2v) is 6.54. The highest BCUT2D eigenvalue weighted by Crippen LogP contribution is 2.23. The van der Waals surface area contributed by atoms with Crippen LogP contribution in [0.15, 0.2) is 0 Å². The van der Waals surface area contributed by atoms with E-state index in [0.717, 1.165) is 25.8 Å². The van der Waals surface area contributed by atoms with Crippen molar-refractivity contribution < 1.29 is 0 Å². The van der Waals surface area contributed by atoms with Gasteiger partial charge in [-0.3, -0.25) is 0 Å². The summed E-state index contributed by atoms with van der Waals surface area (Å²) in [5, 5.41) is 8.70. The van der Waals surface area contributed by atoms with Gasteiger partial charge < -0.3 is 0 Å². The summed E-state index contributed by atoms with van der Waals surface area (Å²) in [4.78, 5) is 0. The van der Waals surface area contributed by atoms with E-state index in [-0.39, 0.29) is 5.41 Å². The van der Waals surface area contributed by atoms with Crippen molar-refractivity contribution in [3.8, 4) is 0 Å². The van der Waals surface area contributed by atoms with Gasteiger partial charge >= 0.3 is 0 Å². The summed E-state index contributed by atoms with van der Waals surface area (Å²) >= 11 is 0. The van der Waals surface area contributed by atoms with Gasteiger partial charge in [0.05, 0.1) is 11.4 Å². The van der Waals surface area contributed by atoms with E-state index in [1.54, 1.807) is 0 Å². The van der Waals surface area contributed by atoms with E-state index in [9.17, 15) is 0 Å². The van der Waals surface area contributed by atoms with Crippen molar-refractivity contribution in [3.05, 3.63) is 11.4 Å². The molecule has 0 unspecified atom stereocenters. The molecule has 3 nitrogen and oxygen atoms in total. The number of hydrogen-bond acceptors (Lipinski definition) is 2. The summed E-state index contributed by atoms with van der Waals surface area (Å²) < 4.78 is 2.10. The lowest BCUT2D eigenvalue weighted by Crippen LogP contribution is -2.14.